The van der Waals surface area contributed by atoms with E-state index in [1.807, 2.05) is 17.7 Å². The lowest BCUT2D eigenvalue weighted by atomic mass is 10.1. The van der Waals surface area contributed by atoms with Crippen molar-refractivity contribution in [2.45, 2.75) is 19.1 Å². The van der Waals surface area contributed by atoms with E-state index in [9.17, 15) is 13.2 Å². The minimum Gasteiger partial charge on any atom is -0.370 e. The smallest absolute Gasteiger partial charge is 0.370 e. The molecule has 0 aliphatic rings. The molecule has 0 spiro atoms. The Kier molecular flexibility index (Phi) is 5.91. The lowest BCUT2D eigenvalue weighted by Gasteiger charge is -2.18. The van der Waals surface area contributed by atoms with Crippen LogP contribution in [0.2, 0.25) is 0 Å². The number of thiophene rings is 1. The maximum absolute atomic E-state index is 12.0. The molecule has 0 amide bonds. The fourth-order valence-corrected chi connectivity index (χ4v) is 2.97. The molecule has 1 aromatic rings. The summed E-state index contributed by atoms with van der Waals surface area (Å²) in [6.07, 6.45) is -4.28. The third-order valence-electron chi connectivity index (χ3n) is 2.02. The van der Waals surface area contributed by atoms with Gasteiger partial charge >= 0.3 is 6.18 Å². The molecule has 1 rings (SSSR count). The molecule has 7 heteroatoms. The zero-order valence-electron chi connectivity index (χ0n) is 9.18. The molecule has 1 aromatic heterocycles. The maximum Gasteiger partial charge on any atom is 0.411 e. The Bertz CT molecular complexity index is 343. The first kappa shape index (κ1) is 14.9. The van der Waals surface area contributed by atoms with Crippen molar-refractivity contribution < 1.29 is 17.9 Å². The summed E-state index contributed by atoms with van der Waals surface area (Å²) in [7, 11) is 0. The van der Waals surface area contributed by atoms with Gasteiger partial charge in [-0.2, -0.15) is 24.5 Å². The summed E-state index contributed by atoms with van der Waals surface area (Å²) in [4.78, 5) is 0. The van der Waals surface area contributed by atoms with Gasteiger partial charge in [0.25, 0.3) is 0 Å². The second-order valence-corrected chi connectivity index (χ2v) is 5.01. The van der Waals surface area contributed by atoms with E-state index in [0.29, 0.717) is 6.54 Å². The Morgan fingerprint density at radius 2 is 2.18 bits per heavy atom. The van der Waals surface area contributed by atoms with Crippen LogP contribution >= 0.6 is 27.3 Å². The highest BCUT2D eigenvalue weighted by Crippen LogP contribution is 2.28. The lowest BCUT2D eigenvalue weighted by molar-refractivity contribution is -0.175. The minimum absolute atomic E-state index is 0.00266. The van der Waals surface area contributed by atoms with Crippen molar-refractivity contribution in [3.05, 3.63) is 20.8 Å². The van der Waals surface area contributed by atoms with Gasteiger partial charge < -0.3 is 10.1 Å². The Hall–Kier alpha value is -0.110. The molecular weight excluding hydrogens is 319 g/mol. The predicted octanol–water partition coefficient (Wildman–Crippen LogP) is 3.74. The van der Waals surface area contributed by atoms with Gasteiger partial charge in [0.15, 0.2) is 0 Å². The average molecular weight is 332 g/mol. The van der Waals surface area contributed by atoms with Crippen LogP contribution in [0, 0.1) is 0 Å². The van der Waals surface area contributed by atoms with Gasteiger partial charge in [0, 0.05) is 9.85 Å². The van der Waals surface area contributed by atoms with E-state index >= 15 is 0 Å². The molecule has 1 atom stereocenters. The molecule has 1 N–H and O–H groups in total. The van der Waals surface area contributed by atoms with Crippen molar-refractivity contribution in [2.75, 3.05) is 19.8 Å². The van der Waals surface area contributed by atoms with Gasteiger partial charge in [-0.3, -0.25) is 0 Å². The number of hydrogen-bond acceptors (Lipinski definition) is 3. The number of hydrogen-bond donors (Lipinski definition) is 1. The molecule has 0 aliphatic carbocycles. The number of nitrogens with one attached hydrogen (secondary N) is 1. The standard InChI is InChI=1S/C10H13BrF3NOS/c1-2-15-9(3-16-6-10(12,13)14)7-4-17-5-8(7)11/h4-5,9,15H,2-3,6H2,1H3. The average Bonchev–Trinajstić information content (AvgIpc) is 2.61. The van der Waals surface area contributed by atoms with Crippen molar-refractivity contribution in [2.24, 2.45) is 0 Å². The third kappa shape index (κ3) is 5.37. The third-order valence-corrected chi connectivity index (χ3v) is 3.77. The van der Waals surface area contributed by atoms with E-state index in [1.54, 1.807) is 0 Å². The Morgan fingerprint density at radius 3 is 2.65 bits per heavy atom. The maximum atomic E-state index is 12.0. The zero-order valence-corrected chi connectivity index (χ0v) is 11.6. The summed E-state index contributed by atoms with van der Waals surface area (Å²) in [6, 6.07) is -0.219. The molecule has 0 saturated heterocycles. The van der Waals surface area contributed by atoms with E-state index in [2.05, 4.69) is 26.0 Å². The largest absolute Gasteiger partial charge is 0.411 e. The minimum atomic E-state index is -4.28. The summed E-state index contributed by atoms with van der Waals surface area (Å²) >= 11 is 4.86. The van der Waals surface area contributed by atoms with Gasteiger partial charge in [-0.25, -0.2) is 0 Å². The summed E-state index contributed by atoms with van der Waals surface area (Å²) < 4.78 is 41.5. The first-order valence-corrected chi connectivity index (χ1v) is 6.77. The second kappa shape index (κ2) is 6.72. The van der Waals surface area contributed by atoms with Crippen molar-refractivity contribution in [3.63, 3.8) is 0 Å². The molecule has 0 bridgehead atoms. The number of likely N-dealkylation sites (N-methyl/N-ethyl adjacent to an activating group) is 1. The second-order valence-electron chi connectivity index (χ2n) is 3.42. The van der Waals surface area contributed by atoms with Gasteiger partial charge in [-0.05, 0) is 33.4 Å². The Labute approximate surface area is 110 Å². The van der Waals surface area contributed by atoms with Gasteiger partial charge in [-0.15, -0.1) is 0 Å². The topological polar surface area (TPSA) is 21.3 Å². The van der Waals surface area contributed by atoms with Crippen LogP contribution in [0.25, 0.3) is 0 Å². The van der Waals surface area contributed by atoms with E-state index in [-0.39, 0.29) is 12.6 Å². The van der Waals surface area contributed by atoms with Crippen molar-refractivity contribution >= 4 is 27.3 Å². The summed E-state index contributed by atoms with van der Waals surface area (Å²) in [6.45, 7) is 1.36. The highest BCUT2D eigenvalue weighted by molar-refractivity contribution is 9.10. The first-order chi connectivity index (χ1) is 7.94. The van der Waals surface area contributed by atoms with Crippen molar-refractivity contribution in [1.29, 1.82) is 0 Å². The zero-order chi connectivity index (χ0) is 12.9. The van der Waals surface area contributed by atoms with Gasteiger partial charge in [0.1, 0.15) is 6.61 Å². The summed E-state index contributed by atoms with van der Waals surface area (Å²) in [5.41, 5.74) is 0.930. The lowest BCUT2D eigenvalue weighted by Crippen LogP contribution is -2.27. The van der Waals surface area contributed by atoms with Crippen LogP contribution in [0.1, 0.15) is 18.5 Å². The molecule has 0 aromatic carbocycles. The summed E-state index contributed by atoms with van der Waals surface area (Å²) in [5, 5.41) is 6.89. The monoisotopic (exact) mass is 331 g/mol. The van der Waals surface area contributed by atoms with Crippen LogP contribution < -0.4 is 5.32 Å². The molecule has 98 valence electrons. The van der Waals surface area contributed by atoms with Gasteiger partial charge in [-0.1, -0.05) is 6.92 Å². The van der Waals surface area contributed by atoms with Crippen LogP contribution in [-0.2, 0) is 4.74 Å². The number of halogens is 4. The molecule has 0 fully saturated rings. The SMILES string of the molecule is CCNC(COCC(F)(F)F)c1cscc1Br. The molecule has 1 heterocycles. The molecule has 17 heavy (non-hydrogen) atoms. The Balaban J connectivity index is 2.53. The van der Waals surface area contributed by atoms with Crippen LogP contribution in [-0.4, -0.2) is 25.9 Å². The highest BCUT2D eigenvalue weighted by Gasteiger charge is 2.28. The highest BCUT2D eigenvalue weighted by atomic mass is 79.9. The van der Waals surface area contributed by atoms with Crippen LogP contribution in [0.15, 0.2) is 15.2 Å². The van der Waals surface area contributed by atoms with E-state index in [1.165, 1.54) is 11.3 Å². The van der Waals surface area contributed by atoms with Crippen LogP contribution in [0.3, 0.4) is 0 Å². The Morgan fingerprint density at radius 1 is 1.47 bits per heavy atom. The van der Waals surface area contributed by atoms with Gasteiger partial charge in [0.2, 0.25) is 0 Å². The van der Waals surface area contributed by atoms with E-state index < -0.39 is 12.8 Å². The molecule has 0 saturated carbocycles. The van der Waals surface area contributed by atoms with Crippen LogP contribution in [0.5, 0.6) is 0 Å². The molecule has 2 nitrogen and oxygen atoms in total. The number of ether oxygens (including phenoxy) is 1. The predicted molar refractivity (Wildman–Crippen MR) is 65.3 cm³/mol. The first-order valence-electron chi connectivity index (χ1n) is 5.03. The number of alkyl halides is 3. The molecule has 1 unspecified atom stereocenters. The van der Waals surface area contributed by atoms with Crippen molar-refractivity contribution in [1.82, 2.24) is 5.32 Å². The fourth-order valence-electron chi connectivity index (χ4n) is 1.34. The van der Waals surface area contributed by atoms with Gasteiger partial charge in [0.05, 0.1) is 12.6 Å². The quantitative estimate of drug-likeness (QED) is 0.857. The molecule has 0 radical (unpaired) electrons. The molecular formula is C10H13BrF3NOS. The van der Waals surface area contributed by atoms with Crippen LogP contribution in [0.4, 0.5) is 13.2 Å². The number of rotatable bonds is 6. The molecule has 0 aliphatic heterocycles. The normalized spacial score (nSPS) is 13.9. The summed E-state index contributed by atoms with van der Waals surface area (Å²) in [5.74, 6) is 0. The van der Waals surface area contributed by atoms with E-state index in [0.717, 1.165) is 10.0 Å². The van der Waals surface area contributed by atoms with E-state index in [4.69, 9.17) is 0 Å². The fraction of sp³-hybridized carbons (Fsp3) is 0.600. The van der Waals surface area contributed by atoms with Crippen molar-refractivity contribution in [3.8, 4) is 0 Å².